The van der Waals surface area contributed by atoms with Crippen molar-refractivity contribution in [1.29, 1.82) is 0 Å². The molecule has 0 spiro atoms. The Morgan fingerprint density at radius 3 is 2.93 bits per heavy atom. The summed E-state index contributed by atoms with van der Waals surface area (Å²) < 4.78 is 14.0. The van der Waals surface area contributed by atoms with Crippen LogP contribution in [-0.2, 0) is 0 Å². The topological polar surface area (TPSA) is 29.1 Å². The Balaban J connectivity index is 2.05. The van der Waals surface area contributed by atoms with Crippen LogP contribution in [0.25, 0.3) is 0 Å². The van der Waals surface area contributed by atoms with Crippen molar-refractivity contribution in [1.82, 2.24) is 5.32 Å². The molecule has 15 heavy (non-hydrogen) atoms. The Bertz CT molecular complexity index is 390. The summed E-state index contributed by atoms with van der Waals surface area (Å²) in [6, 6.07) is 4.36. The summed E-state index contributed by atoms with van der Waals surface area (Å²) in [4.78, 5) is 11.6. The largest absolute Gasteiger partial charge is 0.352 e. The molecule has 1 fully saturated rings. The van der Waals surface area contributed by atoms with Crippen molar-refractivity contribution in [3.63, 3.8) is 0 Å². The van der Waals surface area contributed by atoms with Crippen LogP contribution in [0, 0.1) is 11.7 Å². The van der Waals surface area contributed by atoms with Crippen LogP contribution in [0.2, 0.25) is 0 Å². The van der Waals surface area contributed by atoms with E-state index in [9.17, 15) is 9.18 Å². The Morgan fingerprint density at radius 2 is 2.27 bits per heavy atom. The highest BCUT2D eigenvalue weighted by Crippen LogP contribution is 2.27. The van der Waals surface area contributed by atoms with Crippen LogP contribution < -0.4 is 5.32 Å². The molecule has 2 rings (SSSR count). The molecule has 0 bridgehead atoms. The number of hydrogen-bond acceptors (Lipinski definition) is 1. The van der Waals surface area contributed by atoms with Gasteiger partial charge in [0.1, 0.15) is 5.82 Å². The van der Waals surface area contributed by atoms with Gasteiger partial charge in [0.25, 0.3) is 5.91 Å². The van der Waals surface area contributed by atoms with E-state index in [1.54, 1.807) is 6.07 Å². The van der Waals surface area contributed by atoms with E-state index in [0.29, 0.717) is 16.9 Å². The first-order valence-electron chi connectivity index (χ1n) is 4.90. The summed E-state index contributed by atoms with van der Waals surface area (Å²) in [5.74, 6) is -0.212. The maximum atomic E-state index is 13.3. The summed E-state index contributed by atoms with van der Waals surface area (Å²) in [6.45, 7) is 0.658. The first-order valence-corrected chi connectivity index (χ1v) is 5.69. The van der Waals surface area contributed by atoms with Crippen molar-refractivity contribution in [2.45, 2.75) is 12.8 Å². The summed E-state index contributed by atoms with van der Waals surface area (Å²) in [7, 11) is 0. The standard InChI is InChI=1S/C11H11BrFNO/c12-8-3-4-10(13)9(5-8)11(15)14-6-7-1-2-7/h3-5,7H,1-2,6H2,(H,14,15). The van der Waals surface area contributed by atoms with Crippen molar-refractivity contribution in [2.75, 3.05) is 6.54 Å². The van der Waals surface area contributed by atoms with Crippen molar-refractivity contribution < 1.29 is 9.18 Å². The maximum Gasteiger partial charge on any atom is 0.254 e. The number of rotatable bonds is 3. The predicted molar refractivity (Wildman–Crippen MR) is 59.2 cm³/mol. The molecule has 0 unspecified atom stereocenters. The molecule has 0 aliphatic heterocycles. The molecule has 1 aromatic carbocycles. The van der Waals surface area contributed by atoms with Gasteiger partial charge in [0.2, 0.25) is 0 Å². The molecule has 80 valence electrons. The summed E-state index contributed by atoms with van der Waals surface area (Å²) in [6.07, 6.45) is 2.34. The smallest absolute Gasteiger partial charge is 0.254 e. The zero-order valence-corrected chi connectivity index (χ0v) is 9.68. The normalized spacial score (nSPS) is 15.1. The highest BCUT2D eigenvalue weighted by atomic mass is 79.9. The van der Waals surface area contributed by atoms with E-state index in [1.807, 2.05) is 0 Å². The van der Waals surface area contributed by atoms with Gasteiger partial charge < -0.3 is 5.32 Å². The van der Waals surface area contributed by atoms with Crippen LogP contribution in [-0.4, -0.2) is 12.5 Å². The van der Waals surface area contributed by atoms with Crippen molar-refractivity contribution in [2.24, 2.45) is 5.92 Å². The van der Waals surface area contributed by atoms with Gasteiger partial charge in [-0.25, -0.2) is 4.39 Å². The second-order valence-electron chi connectivity index (χ2n) is 3.78. The fourth-order valence-electron chi connectivity index (χ4n) is 1.33. The molecule has 1 aliphatic rings. The van der Waals surface area contributed by atoms with Gasteiger partial charge in [0, 0.05) is 11.0 Å². The first kappa shape index (κ1) is 10.6. The van der Waals surface area contributed by atoms with Crippen LogP contribution in [0.4, 0.5) is 4.39 Å². The lowest BCUT2D eigenvalue weighted by atomic mass is 10.2. The molecular formula is C11H11BrFNO. The minimum Gasteiger partial charge on any atom is -0.352 e. The number of hydrogen-bond donors (Lipinski definition) is 1. The van der Waals surface area contributed by atoms with Crippen molar-refractivity contribution >= 4 is 21.8 Å². The minimum absolute atomic E-state index is 0.102. The Hall–Kier alpha value is -0.900. The second-order valence-corrected chi connectivity index (χ2v) is 4.69. The van der Waals surface area contributed by atoms with Crippen LogP contribution in [0.3, 0.4) is 0 Å². The third-order valence-corrected chi connectivity index (χ3v) is 2.91. The number of amides is 1. The third-order valence-electron chi connectivity index (χ3n) is 2.42. The summed E-state index contributed by atoms with van der Waals surface area (Å²) >= 11 is 3.21. The van der Waals surface area contributed by atoms with Crippen molar-refractivity contribution in [3.8, 4) is 0 Å². The molecule has 0 aromatic heterocycles. The van der Waals surface area contributed by atoms with Gasteiger partial charge >= 0.3 is 0 Å². The lowest BCUT2D eigenvalue weighted by molar-refractivity contribution is 0.0947. The molecule has 0 radical (unpaired) electrons. The van der Waals surface area contributed by atoms with Gasteiger partial charge in [-0.3, -0.25) is 4.79 Å². The van der Waals surface area contributed by atoms with Gasteiger partial charge in [-0.2, -0.15) is 0 Å². The van der Waals surface area contributed by atoms with E-state index in [0.717, 1.165) is 0 Å². The number of carbonyl (C=O) groups excluding carboxylic acids is 1. The van der Waals surface area contributed by atoms with Gasteiger partial charge in [0.15, 0.2) is 0 Å². The predicted octanol–water partition coefficient (Wildman–Crippen LogP) is 2.73. The molecule has 0 saturated heterocycles. The Labute approximate surface area is 96.0 Å². The summed E-state index contributed by atoms with van der Waals surface area (Å²) in [5, 5.41) is 2.73. The molecule has 0 atom stereocenters. The third kappa shape index (κ3) is 2.78. The van der Waals surface area contributed by atoms with Gasteiger partial charge in [-0.15, -0.1) is 0 Å². The molecular weight excluding hydrogens is 261 g/mol. The highest BCUT2D eigenvalue weighted by molar-refractivity contribution is 9.10. The fraction of sp³-hybridized carbons (Fsp3) is 0.364. The average molecular weight is 272 g/mol. The zero-order valence-electron chi connectivity index (χ0n) is 8.09. The van der Waals surface area contributed by atoms with E-state index < -0.39 is 5.82 Å². The summed E-state index contributed by atoms with van der Waals surface area (Å²) in [5.41, 5.74) is 0.102. The Kier molecular flexibility index (Phi) is 3.05. The number of carbonyl (C=O) groups is 1. The SMILES string of the molecule is O=C(NCC1CC1)c1cc(Br)ccc1F. The van der Waals surface area contributed by atoms with Crippen LogP contribution in [0.15, 0.2) is 22.7 Å². The van der Waals surface area contributed by atoms with Crippen LogP contribution in [0.5, 0.6) is 0 Å². The molecule has 4 heteroatoms. The molecule has 2 nitrogen and oxygen atoms in total. The van der Waals surface area contributed by atoms with E-state index in [4.69, 9.17) is 0 Å². The van der Waals surface area contributed by atoms with Gasteiger partial charge in [-0.1, -0.05) is 15.9 Å². The molecule has 1 saturated carbocycles. The van der Waals surface area contributed by atoms with Crippen molar-refractivity contribution in [3.05, 3.63) is 34.1 Å². The van der Waals surface area contributed by atoms with Crippen LogP contribution in [0.1, 0.15) is 23.2 Å². The lowest BCUT2D eigenvalue weighted by Gasteiger charge is -2.05. The zero-order chi connectivity index (χ0) is 10.8. The van der Waals surface area contributed by atoms with Crippen LogP contribution >= 0.6 is 15.9 Å². The molecule has 0 heterocycles. The van der Waals surface area contributed by atoms with Gasteiger partial charge in [0.05, 0.1) is 5.56 Å². The molecule has 1 amide bonds. The number of nitrogens with one attached hydrogen (secondary N) is 1. The first-order chi connectivity index (χ1) is 7.16. The van der Waals surface area contributed by atoms with Gasteiger partial charge in [-0.05, 0) is 37.0 Å². The molecule has 1 aromatic rings. The number of halogens is 2. The molecule has 1 N–H and O–H groups in total. The number of benzene rings is 1. The van der Waals surface area contributed by atoms with E-state index in [-0.39, 0.29) is 11.5 Å². The maximum absolute atomic E-state index is 13.3. The highest BCUT2D eigenvalue weighted by Gasteiger charge is 2.22. The molecule has 1 aliphatic carbocycles. The van der Waals surface area contributed by atoms with E-state index >= 15 is 0 Å². The fourth-order valence-corrected chi connectivity index (χ4v) is 1.69. The lowest BCUT2D eigenvalue weighted by Crippen LogP contribution is -2.26. The van der Waals surface area contributed by atoms with E-state index in [1.165, 1.54) is 25.0 Å². The second kappa shape index (κ2) is 4.31. The minimum atomic E-state index is -0.480. The average Bonchev–Trinajstić information content (AvgIpc) is 3.02. The quantitative estimate of drug-likeness (QED) is 0.900. The Morgan fingerprint density at radius 1 is 1.53 bits per heavy atom. The monoisotopic (exact) mass is 271 g/mol. The van der Waals surface area contributed by atoms with E-state index in [2.05, 4.69) is 21.2 Å².